The maximum Gasteiger partial charge on any atom is 0.274 e. The SMILES string of the molecule is CNCc1ccc(S(=O)(=O)NC2(CO)CC2)o1. The molecule has 0 atom stereocenters. The molecule has 0 aromatic carbocycles. The van der Waals surface area contributed by atoms with Crippen LogP contribution < -0.4 is 10.0 Å². The lowest BCUT2D eigenvalue weighted by Gasteiger charge is -2.12. The van der Waals surface area contributed by atoms with Crippen LogP contribution in [0.3, 0.4) is 0 Å². The van der Waals surface area contributed by atoms with E-state index in [2.05, 4.69) is 10.0 Å². The summed E-state index contributed by atoms with van der Waals surface area (Å²) in [5.74, 6) is 0.557. The fourth-order valence-electron chi connectivity index (χ4n) is 1.55. The summed E-state index contributed by atoms with van der Waals surface area (Å²) in [5.41, 5.74) is -0.672. The minimum absolute atomic E-state index is 0.109. The largest absolute Gasteiger partial charge is 0.447 e. The number of nitrogens with one attached hydrogen (secondary N) is 2. The van der Waals surface area contributed by atoms with E-state index >= 15 is 0 Å². The Morgan fingerprint density at radius 2 is 2.18 bits per heavy atom. The van der Waals surface area contributed by atoms with Crippen LogP contribution in [0, 0.1) is 0 Å². The van der Waals surface area contributed by atoms with Crippen molar-refractivity contribution in [1.82, 2.24) is 10.0 Å². The Balaban J connectivity index is 2.14. The fraction of sp³-hybridized carbons (Fsp3) is 0.600. The molecule has 0 unspecified atom stereocenters. The smallest absolute Gasteiger partial charge is 0.274 e. The van der Waals surface area contributed by atoms with Crippen LogP contribution >= 0.6 is 0 Å². The van der Waals surface area contributed by atoms with Gasteiger partial charge in [-0.2, -0.15) is 0 Å². The molecule has 0 aliphatic heterocycles. The first kappa shape index (κ1) is 12.6. The second kappa shape index (κ2) is 4.41. The molecule has 1 aromatic heterocycles. The summed E-state index contributed by atoms with van der Waals surface area (Å²) in [4.78, 5) is 0. The Bertz CT molecular complexity index is 490. The molecule has 1 aliphatic rings. The number of sulfonamides is 1. The molecule has 0 bridgehead atoms. The highest BCUT2D eigenvalue weighted by molar-refractivity contribution is 7.89. The zero-order valence-corrected chi connectivity index (χ0v) is 10.4. The molecule has 0 radical (unpaired) electrons. The predicted octanol–water partition coefficient (Wildman–Crippen LogP) is -0.198. The van der Waals surface area contributed by atoms with Crippen LogP contribution in [0.5, 0.6) is 0 Å². The van der Waals surface area contributed by atoms with Gasteiger partial charge < -0.3 is 14.8 Å². The summed E-state index contributed by atoms with van der Waals surface area (Å²) in [7, 11) is -1.92. The minimum Gasteiger partial charge on any atom is -0.447 e. The fourth-order valence-corrected chi connectivity index (χ4v) is 2.95. The van der Waals surface area contributed by atoms with Gasteiger partial charge in [-0.3, -0.25) is 0 Å². The summed E-state index contributed by atoms with van der Waals surface area (Å²) in [6, 6.07) is 3.03. The quantitative estimate of drug-likeness (QED) is 0.659. The first-order valence-corrected chi connectivity index (χ1v) is 6.88. The Morgan fingerprint density at radius 1 is 1.47 bits per heavy atom. The third-order valence-corrected chi connectivity index (χ3v) is 4.21. The van der Waals surface area contributed by atoms with Gasteiger partial charge in [0.1, 0.15) is 5.76 Å². The van der Waals surface area contributed by atoms with Crippen molar-refractivity contribution in [2.75, 3.05) is 13.7 Å². The zero-order valence-electron chi connectivity index (χ0n) is 9.56. The average molecular weight is 260 g/mol. The van der Waals surface area contributed by atoms with E-state index in [1.807, 2.05) is 0 Å². The molecule has 1 saturated carbocycles. The van der Waals surface area contributed by atoms with Gasteiger partial charge in [0, 0.05) is 0 Å². The zero-order chi connectivity index (χ0) is 12.5. The normalized spacial score (nSPS) is 18.2. The van der Waals surface area contributed by atoms with Crippen LogP contribution in [0.4, 0.5) is 0 Å². The van der Waals surface area contributed by atoms with Gasteiger partial charge in [0.05, 0.1) is 18.7 Å². The lowest BCUT2D eigenvalue weighted by atomic mass is 10.3. The molecule has 6 nitrogen and oxygen atoms in total. The summed E-state index contributed by atoms with van der Waals surface area (Å²) >= 11 is 0. The van der Waals surface area contributed by atoms with Crippen molar-refractivity contribution in [3.8, 4) is 0 Å². The second-order valence-corrected chi connectivity index (χ2v) is 5.91. The standard InChI is InChI=1S/C10H16N2O4S/c1-11-6-8-2-3-9(16-8)17(14,15)12-10(7-13)4-5-10/h2-3,11-13H,4-7H2,1H3. The number of hydrogen-bond acceptors (Lipinski definition) is 5. The lowest BCUT2D eigenvalue weighted by molar-refractivity contribution is 0.245. The van der Waals surface area contributed by atoms with Crippen LogP contribution in [-0.2, 0) is 16.6 Å². The van der Waals surface area contributed by atoms with Crippen LogP contribution in [-0.4, -0.2) is 32.7 Å². The molecule has 1 fully saturated rings. The topological polar surface area (TPSA) is 91.6 Å². The average Bonchev–Trinajstić information content (AvgIpc) is 2.87. The Labute approximate surface area is 100 Å². The Hall–Kier alpha value is -0.890. The highest BCUT2D eigenvalue weighted by Gasteiger charge is 2.46. The summed E-state index contributed by atoms with van der Waals surface area (Å²) < 4.78 is 31.5. The molecule has 1 aromatic rings. The van der Waals surface area contributed by atoms with E-state index in [4.69, 9.17) is 9.52 Å². The third kappa shape index (κ3) is 2.68. The highest BCUT2D eigenvalue weighted by atomic mass is 32.2. The molecular weight excluding hydrogens is 244 g/mol. The number of aliphatic hydroxyl groups is 1. The van der Waals surface area contributed by atoms with Crippen LogP contribution in [0.15, 0.2) is 21.6 Å². The number of rotatable bonds is 6. The molecular formula is C10H16N2O4S. The highest BCUT2D eigenvalue weighted by Crippen LogP contribution is 2.36. The van der Waals surface area contributed by atoms with Crippen LogP contribution in [0.25, 0.3) is 0 Å². The molecule has 2 rings (SSSR count). The van der Waals surface area contributed by atoms with Gasteiger partial charge in [0.15, 0.2) is 0 Å². The molecule has 3 N–H and O–H groups in total. The summed E-state index contributed by atoms with van der Waals surface area (Å²) in [6.45, 7) is 0.289. The first-order valence-electron chi connectivity index (χ1n) is 5.39. The summed E-state index contributed by atoms with van der Waals surface area (Å²) in [6.07, 6.45) is 1.32. The van der Waals surface area contributed by atoms with Crippen molar-refractivity contribution >= 4 is 10.0 Å². The maximum atomic E-state index is 11.9. The molecule has 7 heteroatoms. The van der Waals surface area contributed by atoms with E-state index in [-0.39, 0.29) is 11.7 Å². The van der Waals surface area contributed by atoms with Gasteiger partial charge in [-0.05, 0) is 32.0 Å². The molecule has 0 saturated heterocycles. The van der Waals surface area contributed by atoms with E-state index in [0.717, 1.165) is 0 Å². The third-order valence-electron chi connectivity index (χ3n) is 2.76. The van der Waals surface area contributed by atoms with Gasteiger partial charge in [-0.25, -0.2) is 13.1 Å². The molecule has 96 valence electrons. The van der Waals surface area contributed by atoms with Crippen molar-refractivity contribution in [3.05, 3.63) is 17.9 Å². The van der Waals surface area contributed by atoms with E-state index in [0.29, 0.717) is 25.1 Å². The Morgan fingerprint density at radius 3 is 2.71 bits per heavy atom. The summed E-state index contributed by atoms with van der Waals surface area (Å²) in [5, 5.41) is 11.9. The molecule has 0 amide bonds. The van der Waals surface area contributed by atoms with Gasteiger partial charge >= 0.3 is 0 Å². The van der Waals surface area contributed by atoms with Gasteiger partial charge in [-0.15, -0.1) is 0 Å². The van der Waals surface area contributed by atoms with Crippen molar-refractivity contribution in [2.45, 2.75) is 30.0 Å². The van der Waals surface area contributed by atoms with E-state index < -0.39 is 15.6 Å². The van der Waals surface area contributed by atoms with E-state index in [9.17, 15) is 8.42 Å². The molecule has 1 aliphatic carbocycles. The number of furan rings is 1. The number of hydrogen-bond donors (Lipinski definition) is 3. The molecule has 1 heterocycles. The Kier molecular flexibility index (Phi) is 3.26. The van der Waals surface area contributed by atoms with Crippen molar-refractivity contribution in [3.63, 3.8) is 0 Å². The lowest BCUT2D eigenvalue weighted by Crippen LogP contribution is -2.39. The van der Waals surface area contributed by atoms with Crippen molar-refractivity contribution in [2.24, 2.45) is 0 Å². The maximum absolute atomic E-state index is 11.9. The van der Waals surface area contributed by atoms with Gasteiger partial charge in [-0.1, -0.05) is 0 Å². The van der Waals surface area contributed by atoms with Crippen LogP contribution in [0.2, 0.25) is 0 Å². The van der Waals surface area contributed by atoms with Gasteiger partial charge in [0.25, 0.3) is 10.0 Å². The van der Waals surface area contributed by atoms with E-state index in [1.165, 1.54) is 6.07 Å². The van der Waals surface area contributed by atoms with E-state index in [1.54, 1.807) is 13.1 Å². The van der Waals surface area contributed by atoms with Crippen LogP contribution in [0.1, 0.15) is 18.6 Å². The monoisotopic (exact) mass is 260 g/mol. The molecule has 0 spiro atoms. The van der Waals surface area contributed by atoms with Gasteiger partial charge in [0.2, 0.25) is 5.09 Å². The number of aliphatic hydroxyl groups excluding tert-OH is 1. The predicted molar refractivity (Wildman–Crippen MR) is 60.8 cm³/mol. The molecule has 17 heavy (non-hydrogen) atoms. The minimum atomic E-state index is -3.67. The second-order valence-electron chi connectivity index (χ2n) is 4.30. The van der Waals surface area contributed by atoms with Crippen molar-refractivity contribution < 1.29 is 17.9 Å². The van der Waals surface area contributed by atoms with Crippen molar-refractivity contribution in [1.29, 1.82) is 0 Å². The first-order chi connectivity index (χ1) is 8.01.